The summed E-state index contributed by atoms with van der Waals surface area (Å²) in [6.07, 6.45) is 2.35. The van der Waals surface area contributed by atoms with Crippen molar-refractivity contribution >= 4 is 11.6 Å². The molecule has 5 heteroatoms. The molecule has 102 valence electrons. The van der Waals surface area contributed by atoms with E-state index in [4.69, 9.17) is 16.3 Å². The molecule has 1 aromatic rings. The molecule has 0 saturated carbocycles. The first-order valence-electron chi connectivity index (χ1n) is 6.17. The largest absolute Gasteiger partial charge is 0.467 e. The van der Waals surface area contributed by atoms with Crippen molar-refractivity contribution in [1.82, 2.24) is 15.3 Å². The number of likely N-dealkylation sites (N-methyl/N-ethyl adjacent to an activating group) is 1. The second kappa shape index (κ2) is 6.34. The Kier molecular flexibility index (Phi) is 5.35. The van der Waals surface area contributed by atoms with Crippen LogP contribution < -0.4 is 10.1 Å². The SMILES string of the molecule is CCNC(Cc1nc(OC)ncc1Cl)C(C)(C)C. The van der Waals surface area contributed by atoms with Gasteiger partial charge in [0.25, 0.3) is 0 Å². The van der Waals surface area contributed by atoms with E-state index in [1.807, 2.05) is 0 Å². The average Bonchev–Trinajstić information content (AvgIpc) is 2.30. The molecular weight excluding hydrogens is 250 g/mol. The molecule has 18 heavy (non-hydrogen) atoms. The van der Waals surface area contributed by atoms with Gasteiger partial charge in [-0.3, -0.25) is 0 Å². The zero-order valence-corrected chi connectivity index (χ0v) is 12.5. The quantitative estimate of drug-likeness (QED) is 0.895. The maximum Gasteiger partial charge on any atom is 0.316 e. The second-order valence-corrected chi connectivity index (χ2v) is 5.74. The second-order valence-electron chi connectivity index (χ2n) is 5.33. The summed E-state index contributed by atoms with van der Waals surface area (Å²) >= 11 is 6.14. The summed E-state index contributed by atoms with van der Waals surface area (Å²) in [6.45, 7) is 9.62. The number of ether oxygens (including phenoxy) is 1. The fourth-order valence-corrected chi connectivity index (χ4v) is 1.92. The smallest absolute Gasteiger partial charge is 0.316 e. The molecule has 1 N–H and O–H groups in total. The van der Waals surface area contributed by atoms with Crippen LogP contribution in [0, 0.1) is 5.41 Å². The normalized spacial score (nSPS) is 13.4. The molecule has 0 spiro atoms. The summed E-state index contributed by atoms with van der Waals surface area (Å²) in [6, 6.07) is 0.665. The molecule has 0 radical (unpaired) electrons. The van der Waals surface area contributed by atoms with Crippen LogP contribution in [-0.4, -0.2) is 29.7 Å². The number of nitrogens with one attached hydrogen (secondary N) is 1. The van der Waals surface area contributed by atoms with Crippen LogP contribution in [0.15, 0.2) is 6.20 Å². The Hall–Kier alpha value is -0.870. The van der Waals surface area contributed by atoms with E-state index in [0.717, 1.165) is 18.7 Å². The van der Waals surface area contributed by atoms with E-state index in [9.17, 15) is 0 Å². The van der Waals surface area contributed by atoms with Crippen LogP contribution in [0.4, 0.5) is 0 Å². The summed E-state index contributed by atoms with van der Waals surface area (Å²) in [5, 5.41) is 4.06. The zero-order valence-electron chi connectivity index (χ0n) is 11.7. The highest BCUT2D eigenvalue weighted by atomic mass is 35.5. The summed E-state index contributed by atoms with van der Waals surface area (Å²) in [7, 11) is 1.55. The molecule has 1 aromatic heterocycles. The predicted octanol–water partition coefficient (Wildman–Crippen LogP) is 2.71. The Morgan fingerprint density at radius 1 is 1.44 bits per heavy atom. The van der Waals surface area contributed by atoms with Crippen molar-refractivity contribution in [1.29, 1.82) is 0 Å². The number of hydrogen-bond acceptors (Lipinski definition) is 4. The lowest BCUT2D eigenvalue weighted by Crippen LogP contribution is -2.42. The molecule has 0 aromatic carbocycles. The van der Waals surface area contributed by atoms with E-state index < -0.39 is 0 Å². The van der Waals surface area contributed by atoms with Crippen LogP contribution in [-0.2, 0) is 6.42 Å². The third-order valence-corrected chi connectivity index (χ3v) is 3.19. The number of aromatic nitrogens is 2. The van der Waals surface area contributed by atoms with Crippen LogP contribution in [0.3, 0.4) is 0 Å². The molecule has 0 bridgehead atoms. The summed E-state index contributed by atoms with van der Waals surface area (Å²) in [5.41, 5.74) is 0.960. The standard InChI is InChI=1S/C13H22ClN3O/c1-6-15-11(13(2,3)4)7-10-9(14)8-16-12(17-10)18-5/h8,11,15H,6-7H2,1-5H3. The highest BCUT2D eigenvalue weighted by Gasteiger charge is 2.25. The van der Waals surface area contributed by atoms with Gasteiger partial charge in [-0.05, 0) is 12.0 Å². The van der Waals surface area contributed by atoms with Gasteiger partial charge in [0.05, 0.1) is 24.0 Å². The molecule has 1 unspecified atom stereocenters. The first-order valence-corrected chi connectivity index (χ1v) is 6.55. The monoisotopic (exact) mass is 271 g/mol. The van der Waals surface area contributed by atoms with E-state index in [2.05, 4.69) is 43.0 Å². The number of hydrogen-bond donors (Lipinski definition) is 1. The molecule has 0 aliphatic rings. The Balaban J connectivity index is 2.92. The Morgan fingerprint density at radius 2 is 2.11 bits per heavy atom. The lowest BCUT2D eigenvalue weighted by atomic mass is 9.84. The minimum atomic E-state index is 0.136. The molecule has 0 aliphatic heterocycles. The van der Waals surface area contributed by atoms with Gasteiger partial charge in [-0.1, -0.05) is 39.3 Å². The number of rotatable bonds is 5. The van der Waals surface area contributed by atoms with Crippen molar-refractivity contribution < 1.29 is 4.74 Å². The van der Waals surface area contributed by atoms with Gasteiger partial charge in [0.1, 0.15) is 0 Å². The van der Waals surface area contributed by atoms with E-state index in [0.29, 0.717) is 17.1 Å². The number of halogens is 1. The molecule has 4 nitrogen and oxygen atoms in total. The fraction of sp³-hybridized carbons (Fsp3) is 0.692. The van der Waals surface area contributed by atoms with Crippen molar-refractivity contribution in [2.24, 2.45) is 5.41 Å². The van der Waals surface area contributed by atoms with Crippen LogP contribution >= 0.6 is 11.6 Å². The maximum atomic E-state index is 6.14. The summed E-state index contributed by atoms with van der Waals surface area (Å²) in [4.78, 5) is 8.31. The van der Waals surface area contributed by atoms with Gasteiger partial charge in [-0.15, -0.1) is 0 Å². The van der Waals surface area contributed by atoms with E-state index in [-0.39, 0.29) is 5.41 Å². The third kappa shape index (κ3) is 4.10. The molecule has 1 rings (SSSR count). The van der Waals surface area contributed by atoms with Gasteiger partial charge >= 0.3 is 6.01 Å². The van der Waals surface area contributed by atoms with Gasteiger partial charge in [-0.25, -0.2) is 4.98 Å². The van der Waals surface area contributed by atoms with Gasteiger partial charge in [0.15, 0.2) is 0 Å². The van der Waals surface area contributed by atoms with Gasteiger partial charge in [0, 0.05) is 12.5 Å². The van der Waals surface area contributed by atoms with Crippen molar-refractivity contribution in [3.63, 3.8) is 0 Å². The van der Waals surface area contributed by atoms with Crippen molar-refractivity contribution in [2.45, 2.75) is 40.2 Å². The van der Waals surface area contributed by atoms with E-state index >= 15 is 0 Å². The summed E-state index contributed by atoms with van der Waals surface area (Å²) in [5.74, 6) is 0. The molecule has 1 atom stereocenters. The Bertz CT molecular complexity index is 390. The molecule has 1 heterocycles. The van der Waals surface area contributed by atoms with E-state index in [1.165, 1.54) is 0 Å². The lowest BCUT2D eigenvalue weighted by molar-refractivity contribution is 0.267. The fourth-order valence-electron chi connectivity index (χ4n) is 1.75. The van der Waals surface area contributed by atoms with Crippen molar-refractivity contribution in [2.75, 3.05) is 13.7 Å². The summed E-state index contributed by atoms with van der Waals surface area (Å²) < 4.78 is 5.04. The molecular formula is C13H22ClN3O. The van der Waals surface area contributed by atoms with Crippen LogP contribution in [0.1, 0.15) is 33.4 Å². The maximum absolute atomic E-state index is 6.14. The van der Waals surface area contributed by atoms with Gasteiger partial charge < -0.3 is 10.1 Å². The van der Waals surface area contributed by atoms with Gasteiger partial charge in [-0.2, -0.15) is 4.98 Å². The Morgan fingerprint density at radius 3 is 2.61 bits per heavy atom. The highest BCUT2D eigenvalue weighted by molar-refractivity contribution is 6.31. The van der Waals surface area contributed by atoms with Crippen molar-refractivity contribution in [3.05, 3.63) is 16.9 Å². The first-order chi connectivity index (χ1) is 8.38. The predicted molar refractivity (Wildman–Crippen MR) is 74.2 cm³/mol. The highest BCUT2D eigenvalue weighted by Crippen LogP contribution is 2.25. The van der Waals surface area contributed by atoms with Crippen LogP contribution in [0.25, 0.3) is 0 Å². The van der Waals surface area contributed by atoms with Gasteiger partial charge in [0.2, 0.25) is 0 Å². The molecule has 0 amide bonds. The zero-order chi connectivity index (χ0) is 13.8. The molecule has 0 saturated heterocycles. The van der Waals surface area contributed by atoms with Crippen LogP contribution in [0.5, 0.6) is 6.01 Å². The van der Waals surface area contributed by atoms with Crippen molar-refractivity contribution in [3.8, 4) is 6.01 Å². The minimum absolute atomic E-state index is 0.136. The number of methoxy groups -OCH3 is 1. The molecule has 0 aliphatic carbocycles. The Labute approximate surface area is 114 Å². The number of nitrogens with zero attached hydrogens (tertiary/aromatic N) is 2. The van der Waals surface area contributed by atoms with E-state index in [1.54, 1.807) is 13.3 Å². The molecule has 0 fully saturated rings. The topological polar surface area (TPSA) is 47.0 Å². The third-order valence-electron chi connectivity index (χ3n) is 2.87. The first kappa shape index (κ1) is 15.2. The minimum Gasteiger partial charge on any atom is -0.467 e. The van der Waals surface area contributed by atoms with Crippen LogP contribution in [0.2, 0.25) is 5.02 Å². The lowest BCUT2D eigenvalue weighted by Gasteiger charge is -2.31. The average molecular weight is 272 g/mol.